The molecule has 4 heterocycles. The fourth-order valence-electron chi connectivity index (χ4n) is 10.3. The van der Waals surface area contributed by atoms with Crippen LogP contribution in [0.25, 0.3) is 0 Å². The van der Waals surface area contributed by atoms with E-state index in [1.807, 2.05) is 0 Å². The first kappa shape index (κ1) is 66.1. The summed E-state index contributed by atoms with van der Waals surface area (Å²) in [7, 11) is -20.2. The minimum Gasteiger partial charge on any atom is -0.481 e. The molecule has 0 aromatic rings. The van der Waals surface area contributed by atoms with E-state index in [1.54, 1.807) is 23.3 Å². The second-order valence-corrected chi connectivity index (χ2v) is 23.7. The maximum Gasteiger partial charge on any atom is 0.397 e. The van der Waals surface area contributed by atoms with Gasteiger partial charge in [-0.3, -0.25) is 23.0 Å². The molecule has 4 aliphatic heterocycles. The Bertz CT molecular complexity index is 2380. The fourth-order valence-corrected chi connectivity index (χ4v) is 12.6. The molecule has 77 heavy (non-hydrogen) atoms. The van der Waals surface area contributed by atoms with E-state index in [1.165, 1.54) is 21.0 Å². The van der Waals surface area contributed by atoms with Gasteiger partial charge in [0.1, 0.15) is 61.0 Å². The number of methoxy groups -OCH3 is 1. The second-order valence-electron chi connectivity index (χ2n) is 19.2. The van der Waals surface area contributed by atoms with Gasteiger partial charge in [-0.15, -0.1) is 0 Å². The zero-order chi connectivity index (χ0) is 57.9. The summed E-state index contributed by atoms with van der Waals surface area (Å²) in [6, 6.07) is -5.02. The number of hydrogen-bond acceptors (Lipinski definition) is 27. The quantitative estimate of drug-likeness (QED) is 0.0378. The predicted molar refractivity (Wildman–Crippen MR) is 250 cm³/mol. The largest absolute Gasteiger partial charge is 0.481 e. The number of nitrogens with two attached hydrogens (primary N) is 1. The third kappa shape index (κ3) is 17.2. The lowest BCUT2D eigenvalue weighted by atomic mass is 9.74. The van der Waals surface area contributed by atoms with Crippen LogP contribution in [0.3, 0.4) is 0 Å². The molecule has 0 aromatic carbocycles. The van der Waals surface area contributed by atoms with Crippen LogP contribution >= 0.6 is 0 Å². The molecule has 1 aliphatic carbocycles. The highest BCUT2D eigenvalue weighted by molar-refractivity contribution is 7.84. The number of aliphatic carboxylic acids is 1. The lowest BCUT2D eigenvalue weighted by molar-refractivity contribution is -0.325. The fraction of sp³-hybridized carbons (Fsp3) is 0.974. The van der Waals surface area contributed by atoms with Crippen molar-refractivity contribution in [1.29, 1.82) is 0 Å². The van der Waals surface area contributed by atoms with Gasteiger partial charge in [-0.25, -0.2) is 8.37 Å². The van der Waals surface area contributed by atoms with E-state index in [2.05, 4.69) is 0 Å². The van der Waals surface area contributed by atoms with Crippen molar-refractivity contribution in [1.82, 2.24) is 9.44 Å². The molecule has 0 amide bonds. The van der Waals surface area contributed by atoms with Crippen LogP contribution in [0.5, 0.6) is 0 Å². The first-order valence-electron chi connectivity index (χ1n) is 24.1. The van der Waals surface area contributed by atoms with Crippen molar-refractivity contribution < 1.29 is 143 Å². The van der Waals surface area contributed by atoms with Gasteiger partial charge in [0.15, 0.2) is 12.6 Å². The molecule has 38 heteroatoms. The number of carboxylic acids is 1. The molecule has 34 nitrogen and oxygen atoms in total. The number of aliphatic hydroxyl groups is 6. The molecule has 5 aliphatic rings. The number of ether oxygens (including phenoxy) is 9. The number of nitrogens with one attached hydrogen (secondary N) is 2. The van der Waals surface area contributed by atoms with E-state index in [-0.39, 0.29) is 19.3 Å². The summed E-state index contributed by atoms with van der Waals surface area (Å²) < 4.78 is 201. The van der Waals surface area contributed by atoms with Gasteiger partial charge >= 0.3 is 47.4 Å². The summed E-state index contributed by atoms with van der Waals surface area (Å²) in [6.45, 7) is 3.24. The van der Waals surface area contributed by atoms with E-state index >= 15 is 0 Å². The summed E-state index contributed by atoms with van der Waals surface area (Å²) in [4.78, 5) is 12.8. The Kier molecular flexibility index (Phi) is 23.3. The van der Waals surface area contributed by atoms with Gasteiger partial charge in [-0.1, -0.05) is 20.8 Å². The van der Waals surface area contributed by atoms with E-state index < -0.39 is 232 Å². The molecule has 5 rings (SSSR count). The number of rotatable bonds is 25. The summed E-state index contributed by atoms with van der Waals surface area (Å²) in [5, 5.41) is 76.7. The molecule has 0 spiro atoms. The van der Waals surface area contributed by atoms with Crippen LogP contribution in [0.4, 0.5) is 0 Å². The van der Waals surface area contributed by atoms with Crippen LogP contribution in [0, 0.1) is 17.8 Å². The van der Waals surface area contributed by atoms with Gasteiger partial charge in [0.05, 0.1) is 93.2 Å². The lowest BCUT2D eigenvalue weighted by Gasteiger charge is -2.48. The number of carboxylic acid groups (broad SMARTS) is 1. The molecule has 0 radical (unpaired) electrons. The Morgan fingerprint density at radius 2 is 1.06 bits per heavy atom. The Labute approximate surface area is 443 Å². The summed E-state index contributed by atoms with van der Waals surface area (Å²) in [5.41, 5.74) is 6.06. The molecule has 1 saturated carbocycles. The van der Waals surface area contributed by atoms with E-state index in [9.17, 15) is 92.4 Å². The Morgan fingerprint density at radius 1 is 0.558 bits per heavy atom. The molecular formula is C39H71N3O31S4. The highest BCUT2D eigenvalue weighted by Gasteiger charge is 2.56. The molecular weight excluding hydrogens is 1130 g/mol. The first-order chi connectivity index (χ1) is 35.6. The molecule has 25 atom stereocenters. The van der Waals surface area contributed by atoms with Crippen LogP contribution < -0.4 is 15.2 Å². The monoisotopic (exact) mass is 1210 g/mol. The SMILES string of the molecule is CCC1OC(COCC2C(C)OC(OC3C(CC)OC(COCC4C(C(=O)O)CC(OC5C(CC)OC(OC)C(N)C5O)C(OS(=O)(=O)O)C4O)C(NS(=O)(=O)O)C3OS(=O)(=O)O)C(O)C2O)C(NS(=O)(=O)O)C(O)C1O. The maximum absolute atomic E-state index is 12.8. The molecule has 4 saturated heterocycles. The van der Waals surface area contributed by atoms with Gasteiger partial charge < -0.3 is 84.1 Å². The molecule has 25 unspecified atom stereocenters. The van der Waals surface area contributed by atoms with Crippen molar-refractivity contribution in [2.75, 3.05) is 33.5 Å². The predicted octanol–water partition coefficient (Wildman–Crippen LogP) is -6.23. The van der Waals surface area contributed by atoms with Crippen LogP contribution in [0.2, 0.25) is 0 Å². The van der Waals surface area contributed by atoms with Crippen molar-refractivity contribution >= 4 is 47.4 Å². The Morgan fingerprint density at radius 3 is 1.58 bits per heavy atom. The summed E-state index contributed by atoms with van der Waals surface area (Å²) >= 11 is 0. The van der Waals surface area contributed by atoms with Crippen LogP contribution in [0.1, 0.15) is 53.4 Å². The number of carbonyl (C=O) groups is 1. The summed E-state index contributed by atoms with van der Waals surface area (Å²) in [6.07, 6.45) is -31.8. The van der Waals surface area contributed by atoms with Crippen molar-refractivity contribution in [3.63, 3.8) is 0 Å². The number of hydrogen-bond donors (Lipinski definition) is 14. The van der Waals surface area contributed by atoms with Crippen molar-refractivity contribution in [3.05, 3.63) is 0 Å². The summed E-state index contributed by atoms with van der Waals surface area (Å²) in [5.74, 6) is -6.12. The zero-order valence-corrected chi connectivity index (χ0v) is 45.2. The van der Waals surface area contributed by atoms with Gasteiger partial charge in [-0.2, -0.15) is 43.1 Å². The van der Waals surface area contributed by atoms with Gasteiger partial charge in [0.2, 0.25) is 0 Å². The zero-order valence-electron chi connectivity index (χ0n) is 41.9. The van der Waals surface area contributed by atoms with Gasteiger partial charge in [0, 0.05) is 18.9 Å². The third-order valence-electron chi connectivity index (χ3n) is 14.1. The topological polar surface area (TPSA) is 528 Å². The lowest BCUT2D eigenvalue weighted by Crippen LogP contribution is -2.67. The second kappa shape index (κ2) is 27.1. The first-order valence-corrected chi connectivity index (χ1v) is 29.7. The van der Waals surface area contributed by atoms with Crippen molar-refractivity contribution in [2.24, 2.45) is 23.5 Å². The molecule has 0 bridgehead atoms. The molecule has 452 valence electrons. The number of aliphatic hydroxyl groups excluding tert-OH is 6. The Balaban J connectivity index is 1.34. The normalized spacial score (nSPS) is 42.7. The van der Waals surface area contributed by atoms with Gasteiger partial charge in [-0.05, 0) is 32.6 Å². The van der Waals surface area contributed by atoms with Crippen molar-refractivity contribution in [2.45, 2.75) is 188 Å². The smallest absolute Gasteiger partial charge is 0.397 e. The van der Waals surface area contributed by atoms with Crippen LogP contribution in [-0.2, 0) is 97.2 Å². The average molecular weight is 1210 g/mol. The highest BCUT2D eigenvalue weighted by Crippen LogP contribution is 2.39. The molecule has 0 aromatic heterocycles. The van der Waals surface area contributed by atoms with Crippen LogP contribution in [-0.4, -0.2) is 262 Å². The Hall–Kier alpha value is -1.69. The minimum absolute atomic E-state index is 0.145. The minimum atomic E-state index is -5.63. The van der Waals surface area contributed by atoms with Crippen molar-refractivity contribution in [3.8, 4) is 0 Å². The van der Waals surface area contributed by atoms with Gasteiger partial charge in [0.25, 0.3) is 0 Å². The molecule has 5 fully saturated rings. The van der Waals surface area contributed by atoms with E-state index in [0.29, 0.717) is 0 Å². The van der Waals surface area contributed by atoms with E-state index in [4.69, 9.17) is 56.7 Å². The highest BCUT2D eigenvalue weighted by atomic mass is 32.3. The van der Waals surface area contributed by atoms with Crippen LogP contribution in [0.15, 0.2) is 0 Å². The molecule has 15 N–H and O–H groups in total. The third-order valence-corrected chi connectivity index (χ3v) is 16.2. The maximum atomic E-state index is 12.8. The average Bonchev–Trinajstić information content (AvgIpc) is 3.31. The van der Waals surface area contributed by atoms with E-state index in [0.717, 1.165) is 0 Å². The standard InChI is InChI=1S/C39H71N3O31S4/c1-6-18-29(45)31(47)25(41-74(51,52)53)22(67-18)12-64-10-16-14(4)66-39(32(48)27(16)43)71-35-20(8-3)68-23(26(42-75(54,55)56)36(35)73-77(60,61)62)13-65-11-17-15(37(49)50)9-21(34(28(17)44)72-76(57,58)59)69-33-19(7-2)70-38(63-5)24(40)30(33)46/h14-36,38-39,41-48H,6-13,40H2,1-5H3,(H,49,50)(H,51,52,53)(H,54,55,56)(H,57,58,59)(H,60,61,62).